The Morgan fingerprint density at radius 1 is 1.21 bits per heavy atom. The minimum atomic E-state index is -0.469. The number of amides is 1. The maximum Gasteiger partial charge on any atom is 0.279 e. The Morgan fingerprint density at radius 3 is 2.75 bits per heavy atom. The van der Waals surface area contributed by atoms with Gasteiger partial charge in [0, 0.05) is 30.1 Å². The second-order valence-electron chi connectivity index (χ2n) is 5.76. The molecule has 0 aliphatic rings. The van der Waals surface area contributed by atoms with Crippen molar-refractivity contribution in [2.45, 2.75) is 6.54 Å². The number of nitro benzene ring substituents is 1. The number of aromatic nitrogens is 3. The molecule has 0 saturated carbocycles. The molecule has 0 atom stereocenters. The second-order valence-corrected chi connectivity index (χ2v) is 6.77. The molecular weight excluding hydrogens is 378 g/mol. The zero-order valence-electron chi connectivity index (χ0n) is 14.3. The molecule has 1 amide bonds. The normalized spacial score (nSPS) is 11.6. The molecule has 28 heavy (non-hydrogen) atoms. The van der Waals surface area contributed by atoms with Crippen molar-refractivity contribution in [1.29, 1.82) is 0 Å². The number of hydrogen-bond acceptors (Lipinski definition) is 6. The van der Waals surface area contributed by atoms with Gasteiger partial charge in [-0.3, -0.25) is 24.9 Å². The summed E-state index contributed by atoms with van der Waals surface area (Å²) in [6.07, 6.45) is 8.57. The van der Waals surface area contributed by atoms with E-state index >= 15 is 0 Å². The fourth-order valence-electron chi connectivity index (χ4n) is 2.75. The highest BCUT2D eigenvalue weighted by Gasteiger charge is 2.13. The number of benzene rings is 2. The van der Waals surface area contributed by atoms with Crippen LogP contribution in [0.25, 0.3) is 21.3 Å². The van der Waals surface area contributed by atoms with E-state index in [1.807, 2.05) is 0 Å². The first kappa shape index (κ1) is 17.5. The lowest BCUT2D eigenvalue weighted by atomic mass is 10.2. The maximum atomic E-state index is 12.7. The van der Waals surface area contributed by atoms with E-state index in [4.69, 9.17) is 6.42 Å². The number of thiazole rings is 1. The van der Waals surface area contributed by atoms with E-state index in [9.17, 15) is 14.9 Å². The topological polar surface area (TPSA) is 103 Å². The SMILES string of the molecule is C#CCn1c(=NC(=O)c2ccc3nccnc3c2)sc2cc([N+](=O)[O-])ccc21. The quantitative estimate of drug-likeness (QED) is 0.304. The van der Waals surface area contributed by atoms with Crippen molar-refractivity contribution in [2.75, 3.05) is 0 Å². The van der Waals surface area contributed by atoms with Gasteiger partial charge in [-0.25, -0.2) is 0 Å². The number of carbonyl (C=O) groups is 1. The second kappa shape index (κ2) is 7.02. The molecule has 0 aliphatic carbocycles. The van der Waals surface area contributed by atoms with Crippen molar-refractivity contribution in [3.63, 3.8) is 0 Å². The van der Waals surface area contributed by atoms with Gasteiger partial charge in [0.05, 0.1) is 32.7 Å². The molecule has 0 bridgehead atoms. The van der Waals surface area contributed by atoms with Crippen LogP contribution in [0.4, 0.5) is 5.69 Å². The lowest BCUT2D eigenvalue weighted by Gasteiger charge is -2.00. The zero-order chi connectivity index (χ0) is 19.7. The summed E-state index contributed by atoms with van der Waals surface area (Å²) in [6, 6.07) is 9.41. The van der Waals surface area contributed by atoms with Crippen LogP contribution in [0.1, 0.15) is 10.4 Å². The first-order valence-corrected chi connectivity index (χ1v) is 8.89. The molecular formula is C19H11N5O3S. The zero-order valence-corrected chi connectivity index (χ0v) is 15.1. The summed E-state index contributed by atoms with van der Waals surface area (Å²) < 4.78 is 2.31. The van der Waals surface area contributed by atoms with Crippen LogP contribution >= 0.6 is 11.3 Å². The van der Waals surface area contributed by atoms with Crippen molar-refractivity contribution >= 4 is 44.2 Å². The van der Waals surface area contributed by atoms with Crippen molar-refractivity contribution in [1.82, 2.24) is 14.5 Å². The summed E-state index contributed by atoms with van der Waals surface area (Å²) >= 11 is 1.17. The Balaban J connectivity index is 1.84. The molecule has 0 N–H and O–H groups in total. The fourth-order valence-corrected chi connectivity index (χ4v) is 3.81. The molecule has 0 radical (unpaired) electrons. The van der Waals surface area contributed by atoms with Crippen LogP contribution in [0.15, 0.2) is 53.8 Å². The number of nitro groups is 1. The van der Waals surface area contributed by atoms with Crippen LogP contribution in [0, 0.1) is 22.5 Å². The molecule has 0 spiro atoms. The van der Waals surface area contributed by atoms with Crippen LogP contribution in [-0.4, -0.2) is 25.4 Å². The molecule has 2 aromatic heterocycles. The smallest absolute Gasteiger partial charge is 0.279 e. The number of fused-ring (bicyclic) bond motifs is 2. The van der Waals surface area contributed by atoms with Crippen LogP contribution in [0.3, 0.4) is 0 Å². The fraction of sp³-hybridized carbons (Fsp3) is 0.0526. The predicted molar refractivity (Wildman–Crippen MR) is 105 cm³/mol. The summed E-state index contributed by atoms with van der Waals surface area (Å²) in [5.74, 6) is 2.06. The predicted octanol–water partition coefficient (Wildman–Crippen LogP) is 2.93. The molecule has 8 nitrogen and oxygen atoms in total. The molecule has 0 fully saturated rings. The number of nitrogens with zero attached hydrogens (tertiary/aromatic N) is 5. The third-order valence-electron chi connectivity index (χ3n) is 4.04. The third kappa shape index (κ3) is 3.13. The average Bonchev–Trinajstić information content (AvgIpc) is 3.04. The van der Waals surface area contributed by atoms with E-state index < -0.39 is 10.8 Å². The lowest BCUT2D eigenvalue weighted by Crippen LogP contribution is -2.16. The van der Waals surface area contributed by atoms with Gasteiger partial charge in [0.1, 0.15) is 0 Å². The van der Waals surface area contributed by atoms with Gasteiger partial charge >= 0.3 is 0 Å². The number of hydrogen-bond donors (Lipinski definition) is 0. The van der Waals surface area contributed by atoms with E-state index in [0.29, 0.717) is 31.6 Å². The minimum absolute atomic E-state index is 0.0346. The van der Waals surface area contributed by atoms with E-state index in [2.05, 4.69) is 20.9 Å². The van der Waals surface area contributed by atoms with Crippen molar-refractivity contribution < 1.29 is 9.72 Å². The Labute approximate surface area is 162 Å². The summed E-state index contributed by atoms with van der Waals surface area (Å²) in [5, 5.41) is 11.0. The minimum Gasteiger partial charge on any atom is -0.305 e. The van der Waals surface area contributed by atoms with Crippen LogP contribution in [0.5, 0.6) is 0 Å². The van der Waals surface area contributed by atoms with Crippen LogP contribution < -0.4 is 4.80 Å². The van der Waals surface area contributed by atoms with Gasteiger partial charge in [0.25, 0.3) is 11.6 Å². The molecule has 0 saturated heterocycles. The Bertz CT molecular complexity index is 1360. The molecule has 9 heteroatoms. The number of non-ortho nitro benzene ring substituents is 1. The molecule has 0 aliphatic heterocycles. The summed E-state index contributed by atoms with van der Waals surface area (Å²) in [5.41, 5.74) is 2.28. The van der Waals surface area contributed by atoms with Gasteiger partial charge in [-0.05, 0) is 24.3 Å². The van der Waals surface area contributed by atoms with Gasteiger partial charge in [0.15, 0.2) is 4.80 Å². The highest BCUT2D eigenvalue weighted by Crippen LogP contribution is 2.23. The Morgan fingerprint density at radius 2 is 2.00 bits per heavy atom. The maximum absolute atomic E-state index is 12.7. The molecule has 2 aromatic carbocycles. The highest BCUT2D eigenvalue weighted by molar-refractivity contribution is 7.16. The highest BCUT2D eigenvalue weighted by atomic mass is 32.1. The molecule has 136 valence electrons. The van der Waals surface area contributed by atoms with Gasteiger partial charge in [0.2, 0.25) is 0 Å². The Kier molecular flexibility index (Phi) is 4.39. The van der Waals surface area contributed by atoms with Gasteiger partial charge in [-0.1, -0.05) is 17.3 Å². The van der Waals surface area contributed by atoms with E-state index in [-0.39, 0.29) is 12.2 Å². The molecule has 2 heterocycles. The van der Waals surface area contributed by atoms with Crippen LogP contribution in [-0.2, 0) is 6.54 Å². The first-order chi connectivity index (χ1) is 13.6. The Hall–Kier alpha value is -3.90. The molecule has 4 aromatic rings. The van der Waals surface area contributed by atoms with Gasteiger partial charge < -0.3 is 4.57 Å². The summed E-state index contributed by atoms with van der Waals surface area (Å²) in [4.78, 5) is 36.2. The van der Waals surface area contributed by atoms with Gasteiger partial charge in [-0.15, -0.1) is 6.42 Å². The van der Waals surface area contributed by atoms with Gasteiger partial charge in [-0.2, -0.15) is 4.99 Å². The van der Waals surface area contributed by atoms with E-state index in [1.165, 1.54) is 23.5 Å². The lowest BCUT2D eigenvalue weighted by molar-refractivity contribution is -0.384. The number of rotatable bonds is 3. The monoisotopic (exact) mass is 389 g/mol. The van der Waals surface area contributed by atoms with Crippen molar-refractivity contribution in [3.05, 3.63) is 69.3 Å². The van der Waals surface area contributed by atoms with Crippen molar-refractivity contribution in [2.24, 2.45) is 4.99 Å². The largest absolute Gasteiger partial charge is 0.305 e. The molecule has 0 unspecified atom stereocenters. The average molecular weight is 389 g/mol. The third-order valence-corrected chi connectivity index (χ3v) is 5.08. The number of terminal acetylenes is 1. The summed E-state index contributed by atoms with van der Waals surface area (Å²) in [6.45, 7) is 0.188. The standard InChI is InChI=1S/C19H11N5O3S/c1-2-9-23-16-6-4-13(24(26)27)11-17(16)28-19(23)22-18(25)12-3-5-14-15(10-12)21-8-7-20-14/h1,3-8,10-11H,9H2. The van der Waals surface area contributed by atoms with E-state index in [1.54, 1.807) is 41.2 Å². The molecule has 4 rings (SSSR count). The number of carbonyl (C=O) groups excluding carboxylic acids is 1. The van der Waals surface area contributed by atoms with Crippen LogP contribution in [0.2, 0.25) is 0 Å². The summed E-state index contributed by atoms with van der Waals surface area (Å²) in [7, 11) is 0. The van der Waals surface area contributed by atoms with Crippen molar-refractivity contribution in [3.8, 4) is 12.3 Å². The van der Waals surface area contributed by atoms with E-state index in [0.717, 1.165) is 0 Å². The first-order valence-electron chi connectivity index (χ1n) is 8.08.